The fraction of sp³-hybridized carbons (Fsp3) is 0.294. The minimum absolute atomic E-state index is 0.00685. The van der Waals surface area contributed by atoms with Crippen LogP contribution in [0.25, 0.3) is 11.0 Å². The van der Waals surface area contributed by atoms with Gasteiger partial charge in [-0.25, -0.2) is 9.78 Å². The van der Waals surface area contributed by atoms with Crippen molar-refractivity contribution in [3.8, 4) is 0 Å². The predicted octanol–water partition coefficient (Wildman–Crippen LogP) is 1.23. The summed E-state index contributed by atoms with van der Waals surface area (Å²) in [4.78, 5) is 49.7. The first kappa shape index (κ1) is 15.4. The third-order valence-electron chi connectivity index (χ3n) is 4.48. The number of carbonyl (C=O) groups excluding carboxylic acids is 1. The van der Waals surface area contributed by atoms with Gasteiger partial charge in [0.05, 0.1) is 17.1 Å². The maximum Gasteiger partial charge on any atom is 0.326 e. The fourth-order valence-corrected chi connectivity index (χ4v) is 3.33. The molecule has 0 saturated carbocycles. The van der Waals surface area contributed by atoms with Crippen LogP contribution in [-0.2, 0) is 0 Å². The molecule has 1 aliphatic rings. The number of rotatable bonds is 2. The van der Waals surface area contributed by atoms with Crippen LogP contribution >= 0.6 is 0 Å². The first-order valence-corrected chi connectivity index (χ1v) is 8.12. The number of fused-ring (bicyclic) bond motifs is 1. The van der Waals surface area contributed by atoms with E-state index in [-0.39, 0.29) is 17.6 Å². The van der Waals surface area contributed by atoms with Crippen molar-refractivity contribution < 1.29 is 4.79 Å². The molecule has 128 valence electrons. The summed E-state index contributed by atoms with van der Waals surface area (Å²) in [5.41, 5.74) is 1.62. The van der Waals surface area contributed by atoms with E-state index in [1.54, 1.807) is 4.90 Å². The average molecular weight is 339 g/mol. The van der Waals surface area contributed by atoms with Gasteiger partial charge >= 0.3 is 5.69 Å². The van der Waals surface area contributed by atoms with Crippen molar-refractivity contribution in [1.29, 1.82) is 0 Å². The van der Waals surface area contributed by atoms with E-state index in [4.69, 9.17) is 0 Å². The summed E-state index contributed by atoms with van der Waals surface area (Å²) in [7, 11) is 0. The number of carbonyl (C=O) groups is 1. The molecule has 1 fully saturated rings. The maximum atomic E-state index is 12.8. The first-order valence-electron chi connectivity index (χ1n) is 8.12. The smallest absolute Gasteiger partial charge is 0.326 e. The number of nitrogens with zero attached hydrogens (tertiary/aromatic N) is 2. The zero-order valence-corrected chi connectivity index (χ0v) is 13.6. The molecule has 0 spiro atoms. The highest BCUT2D eigenvalue weighted by Gasteiger charge is 2.33. The number of H-pyrrole nitrogens is 3. The van der Waals surface area contributed by atoms with Crippen LogP contribution in [-0.4, -0.2) is 37.3 Å². The molecule has 8 heteroatoms. The maximum absolute atomic E-state index is 12.8. The van der Waals surface area contributed by atoms with Crippen LogP contribution < -0.4 is 11.2 Å². The summed E-state index contributed by atoms with van der Waals surface area (Å²) < 4.78 is 0. The largest absolute Gasteiger partial charge is 0.340 e. The Morgan fingerprint density at radius 3 is 2.84 bits per heavy atom. The molecule has 0 unspecified atom stereocenters. The summed E-state index contributed by atoms with van der Waals surface area (Å²) in [6.07, 6.45) is 1.61. The summed E-state index contributed by atoms with van der Waals surface area (Å²) >= 11 is 0. The average Bonchev–Trinajstić information content (AvgIpc) is 3.18. The van der Waals surface area contributed by atoms with Crippen LogP contribution in [0.4, 0.5) is 0 Å². The molecule has 0 bridgehead atoms. The number of imidazole rings is 1. The second-order valence-corrected chi connectivity index (χ2v) is 6.30. The topological polar surface area (TPSA) is 115 Å². The Kier molecular flexibility index (Phi) is 3.52. The molecule has 25 heavy (non-hydrogen) atoms. The SMILES string of the molecule is Cc1ccc2nc([C@@H]3CCCN3C(=O)c3cc(=O)[nH]c(=O)[nH]3)[nH]c2c1. The van der Waals surface area contributed by atoms with Crippen molar-refractivity contribution >= 4 is 16.9 Å². The van der Waals surface area contributed by atoms with E-state index < -0.39 is 11.2 Å². The van der Waals surface area contributed by atoms with E-state index in [2.05, 4.69) is 19.9 Å². The van der Waals surface area contributed by atoms with Gasteiger partial charge in [0.15, 0.2) is 0 Å². The zero-order valence-electron chi connectivity index (χ0n) is 13.6. The molecular formula is C17H17N5O3. The number of aryl methyl sites for hydroxylation is 1. The van der Waals surface area contributed by atoms with Gasteiger partial charge in [-0.05, 0) is 37.5 Å². The minimum Gasteiger partial charge on any atom is -0.340 e. The van der Waals surface area contributed by atoms with Crippen LogP contribution in [0.2, 0.25) is 0 Å². The van der Waals surface area contributed by atoms with Crippen molar-refractivity contribution in [3.63, 3.8) is 0 Å². The van der Waals surface area contributed by atoms with Crippen molar-refractivity contribution in [2.24, 2.45) is 0 Å². The fourth-order valence-electron chi connectivity index (χ4n) is 3.33. The van der Waals surface area contributed by atoms with Crippen LogP contribution in [0.3, 0.4) is 0 Å². The third-order valence-corrected chi connectivity index (χ3v) is 4.48. The number of benzene rings is 1. The molecule has 8 nitrogen and oxygen atoms in total. The number of hydrogen-bond donors (Lipinski definition) is 3. The van der Waals surface area contributed by atoms with E-state index in [1.165, 1.54) is 0 Å². The number of aromatic amines is 3. The highest BCUT2D eigenvalue weighted by molar-refractivity contribution is 5.92. The monoisotopic (exact) mass is 339 g/mol. The lowest BCUT2D eigenvalue weighted by atomic mass is 10.2. The van der Waals surface area contributed by atoms with Crippen molar-refractivity contribution in [1.82, 2.24) is 24.8 Å². The molecule has 0 radical (unpaired) electrons. The van der Waals surface area contributed by atoms with Gasteiger partial charge in [0.1, 0.15) is 11.5 Å². The predicted molar refractivity (Wildman–Crippen MR) is 91.5 cm³/mol. The number of hydrogen-bond acceptors (Lipinski definition) is 4. The van der Waals surface area contributed by atoms with Gasteiger partial charge in [0, 0.05) is 12.6 Å². The molecule has 3 heterocycles. The minimum atomic E-state index is -0.689. The Bertz CT molecular complexity index is 1050. The van der Waals surface area contributed by atoms with Gasteiger partial charge in [-0.3, -0.25) is 14.6 Å². The molecule has 3 N–H and O–H groups in total. The van der Waals surface area contributed by atoms with Gasteiger partial charge < -0.3 is 14.9 Å². The summed E-state index contributed by atoms with van der Waals surface area (Å²) in [5, 5.41) is 0. The Morgan fingerprint density at radius 2 is 2.04 bits per heavy atom. The van der Waals surface area contributed by atoms with Crippen LogP contribution in [0.5, 0.6) is 0 Å². The summed E-state index contributed by atoms with van der Waals surface area (Å²) in [6, 6.07) is 6.86. The van der Waals surface area contributed by atoms with E-state index in [0.717, 1.165) is 41.3 Å². The first-order chi connectivity index (χ1) is 12.0. The number of likely N-dealkylation sites (tertiary alicyclic amines) is 1. The second kappa shape index (κ2) is 5.73. The van der Waals surface area contributed by atoms with E-state index >= 15 is 0 Å². The van der Waals surface area contributed by atoms with Crippen LogP contribution in [0.15, 0.2) is 33.9 Å². The lowest BCUT2D eigenvalue weighted by Gasteiger charge is -2.22. The summed E-state index contributed by atoms with van der Waals surface area (Å²) in [5.74, 6) is 0.348. The van der Waals surface area contributed by atoms with Gasteiger partial charge in [0.2, 0.25) is 0 Å². The van der Waals surface area contributed by atoms with Gasteiger partial charge in [-0.2, -0.15) is 0 Å². The van der Waals surface area contributed by atoms with Crippen LogP contribution in [0, 0.1) is 6.92 Å². The molecule has 1 amide bonds. The number of aromatic nitrogens is 4. The number of amides is 1. The molecule has 2 aromatic heterocycles. The molecule has 1 atom stereocenters. The second-order valence-electron chi connectivity index (χ2n) is 6.30. The molecule has 3 aromatic rings. The lowest BCUT2D eigenvalue weighted by Crippen LogP contribution is -2.35. The van der Waals surface area contributed by atoms with Gasteiger partial charge in [-0.15, -0.1) is 0 Å². The number of nitrogens with one attached hydrogen (secondary N) is 3. The van der Waals surface area contributed by atoms with E-state index in [1.807, 2.05) is 25.1 Å². The quantitative estimate of drug-likeness (QED) is 0.651. The van der Waals surface area contributed by atoms with E-state index in [0.29, 0.717) is 6.54 Å². The van der Waals surface area contributed by atoms with Crippen molar-refractivity contribution in [3.05, 3.63) is 62.2 Å². The van der Waals surface area contributed by atoms with Crippen molar-refractivity contribution in [2.45, 2.75) is 25.8 Å². The molecule has 1 aromatic carbocycles. The van der Waals surface area contributed by atoms with Gasteiger partial charge in [-0.1, -0.05) is 6.07 Å². The molecule has 1 aliphatic heterocycles. The van der Waals surface area contributed by atoms with Gasteiger partial charge in [0.25, 0.3) is 11.5 Å². The third kappa shape index (κ3) is 2.75. The Hall–Kier alpha value is -3.16. The molecule has 4 rings (SSSR count). The lowest BCUT2D eigenvalue weighted by molar-refractivity contribution is 0.0724. The standard InChI is InChI=1S/C17H17N5O3/c1-9-4-5-10-11(7-9)19-15(18-10)13-3-2-6-22(13)16(24)12-8-14(23)21-17(25)20-12/h4-5,7-8,13H,2-3,6H2,1H3,(H,18,19)(H2,20,21,23,25)/t13-/m0/s1. The Labute approximate surface area is 141 Å². The molecular weight excluding hydrogens is 322 g/mol. The zero-order chi connectivity index (χ0) is 17.6. The van der Waals surface area contributed by atoms with Crippen LogP contribution in [0.1, 0.15) is 40.8 Å². The van der Waals surface area contributed by atoms with Crippen molar-refractivity contribution in [2.75, 3.05) is 6.54 Å². The molecule has 1 saturated heterocycles. The normalized spacial score (nSPS) is 17.3. The Balaban J connectivity index is 1.70. The molecule has 0 aliphatic carbocycles. The highest BCUT2D eigenvalue weighted by atomic mass is 16.2. The summed E-state index contributed by atoms with van der Waals surface area (Å²) in [6.45, 7) is 2.56. The highest BCUT2D eigenvalue weighted by Crippen LogP contribution is 2.32. The Morgan fingerprint density at radius 1 is 1.20 bits per heavy atom. The van der Waals surface area contributed by atoms with E-state index in [9.17, 15) is 14.4 Å².